The summed E-state index contributed by atoms with van der Waals surface area (Å²) in [7, 11) is 0. The Kier molecular flexibility index (Phi) is 2.94. The lowest BCUT2D eigenvalue weighted by atomic mass is 9.73. The normalized spacial score (nSPS) is 39.0. The number of hydrogen-bond acceptors (Lipinski definition) is 1. The first-order valence-corrected chi connectivity index (χ1v) is 4.95. The molecule has 0 amide bonds. The lowest BCUT2D eigenvalue weighted by Gasteiger charge is -2.39. The van der Waals surface area contributed by atoms with Gasteiger partial charge in [-0.3, -0.25) is 0 Å². The third-order valence-corrected chi connectivity index (χ3v) is 3.28. The molecule has 0 heterocycles. The van der Waals surface area contributed by atoms with Crippen molar-refractivity contribution in [3.8, 4) is 0 Å². The topological polar surface area (TPSA) is 20.2 Å². The highest BCUT2D eigenvalue weighted by molar-refractivity contribution is 4.87. The van der Waals surface area contributed by atoms with E-state index in [0.29, 0.717) is 5.92 Å². The van der Waals surface area contributed by atoms with E-state index in [1.165, 1.54) is 19.3 Å². The second-order valence-corrected chi connectivity index (χ2v) is 3.81. The molecular formula is C10H20O. The summed E-state index contributed by atoms with van der Waals surface area (Å²) in [5, 5.41) is 10.1. The summed E-state index contributed by atoms with van der Waals surface area (Å²) in [4.78, 5) is 0. The maximum atomic E-state index is 10.1. The van der Waals surface area contributed by atoms with Gasteiger partial charge in [-0.15, -0.1) is 0 Å². The van der Waals surface area contributed by atoms with E-state index in [4.69, 9.17) is 0 Å². The van der Waals surface area contributed by atoms with Crippen LogP contribution in [0.4, 0.5) is 0 Å². The van der Waals surface area contributed by atoms with Gasteiger partial charge in [0, 0.05) is 0 Å². The Hall–Kier alpha value is -0.0400. The quantitative estimate of drug-likeness (QED) is 0.651. The van der Waals surface area contributed by atoms with Crippen molar-refractivity contribution in [3.63, 3.8) is 0 Å². The molecule has 0 saturated heterocycles. The smallest absolute Gasteiger partial charge is 0.0673 e. The second-order valence-electron chi connectivity index (χ2n) is 3.81. The average molecular weight is 156 g/mol. The van der Waals surface area contributed by atoms with Gasteiger partial charge in [0.25, 0.3) is 0 Å². The Balaban J connectivity index is 2.57. The van der Waals surface area contributed by atoms with Crippen LogP contribution in [-0.4, -0.2) is 10.7 Å². The van der Waals surface area contributed by atoms with Crippen molar-refractivity contribution < 1.29 is 5.11 Å². The van der Waals surface area contributed by atoms with Crippen molar-refractivity contribution in [2.75, 3.05) is 0 Å². The van der Waals surface area contributed by atoms with Crippen LogP contribution in [-0.2, 0) is 0 Å². The fourth-order valence-electron chi connectivity index (χ4n) is 2.34. The van der Waals surface area contributed by atoms with Gasteiger partial charge in [-0.05, 0) is 25.2 Å². The molecule has 1 N–H and O–H groups in total. The van der Waals surface area contributed by atoms with Crippen molar-refractivity contribution in [3.05, 3.63) is 0 Å². The van der Waals surface area contributed by atoms with Crippen LogP contribution in [0.5, 0.6) is 0 Å². The van der Waals surface area contributed by atoms with E-state index < -0.39 is 0 Å². The van der Waals surface area contributed by atoms with Gasteiger partial charge in [0.2, 0.25) is 0 Å². The maximum absolute atomic E-state index is 10.1. The van der Waals surface area contributed by atoms with E-state index in [1.54, 1.807) is 0 Å². The van der Waals surface area contributed by atoms with Gasteiger partial charge in [0.1, 0.15) is 0 Å². The Labute approximate surface area is 69.8 Å². The summed E-state index contributed by atoms with van der Waals surface area (Å²) in [6.45, 7) is 4.30. The molecule has 1 rings (SSSR count). The van der Waals surface area contributed by atoms with Crippen LogP contribution >= 0.6 is 0 Å². The van der Waals surface area contributed by atoms with Gasteiger partial charge in [-0.2, -0.15) is 0 Å². The number of rotatable bonds is 2. The third kappa shape index (κ3) is 1.76. The molecule has 11 heavy (non-hydrogen) atoms. The van der Waals surface area contributed by atoms with Crippen molar-refractivity contribution >= 4 is 0 Å². The Morgan fingerprint density at radius 2 is 2.09 bits per heavy atom. The van der Waals surface area contributed by atoms with Gasteiger partial charge < -0.3 is 5.11 Å². The largest absolute Gasteiger partial charge is 0.390 e. The minimum Gasteiger partial charge on any atom is -0.390 e. The van der Waals surface area contributed by atoms with E-state index in [0.717, 1.165) is 19.3 Å². The fraction of sp³-hybridized carbons (Fsp3) is 1.00. The molecule has 1 saturated carbocycles. The molecule has 0 aromatic carbocycles. The molecule has 1 aliphatic rings. The van der Waals surface area contributed by atoms with Gasteiger partial charge in [0.15, 0.2) is 0 Å². The van der Waals surface area contributed by atoms with Crippen molar-refractivity contribution in [1.29, 1.82) is 0 Å². The average Bonchev–Trinajstić information content (AvgIpc) is 2.05. The van der Waals surface area contributed by atoms with Gasteiger partial charge in [0.05, 0.1) is 5.60 Å². The molecule has 1 fully saturated rings. The molecule has 0 unspecified atom stereocenters. The van der Waals surface area contributed by atoms with Gasteiger partial charge in [-0.25, -0.2) is 0 Å². The minimum atomic E-state index is -0.312. The molecular weight excluding hydrogens is 136 g/mol. The first-order valence-electron chi connectivity index (χ1n) is 4.95. The van der Waals surface area contributed by atoms with Crippen LogP contribution in [0.2, 0.25) is 0 Å². The van der Waals surface area contributed by atoms with Crippen molar-refractivity contribution in [2.24, 2.45) is 5.92 Å². The summed E-state index contributed by atoms with van der Waals surface area (Å²) in [5.41, 5.74) is -0.312. The molecule has 0 aromatic heterocycles. The predicted octanol–water partition coefficient (Wildman–Crippen LogP) is 2.73. The highest BCUT2D eigenvalue weighted by atomic mass is 16.3. The third-order valence-electron chi connectivity index (χ3n) is 3.28. The number of aliphatic hydroxyl groups is 1. The summed E-state index contributed by atoms with van der Waals surface area (Å²) in [6.07, 6.45) is 6.89. The lowest BCUT2D eigenvalue weighted by Crippen LogP contribution is -2.39. The Morgan fingerprint density at radius 1 is 1.36 bits per heavy atom. The van der Waals surface area contributed by atoms with E-state index in [-0.39, 0.29) is 5.60 Å². The first-order chi connectivity index (χ1) is 5.23. The summed E-state index contributed by atoms with van der Waals surface area (Å²) in [6, 6.07) is 0. The summed E-state index contributed by atoms with van der Waals surface area (Å²) in [5.74, 6) is 0.571. The van der Waals surface area contributed by atoms with Crippen LogP contribution in [0.15, 0.2) is 0 Å². The predicted molar refractivity (Wildman–Crippen MR) is 47.5 cm³/mol. The second kappa shape index (κ2) is 3.57. The van der Waals surface area contributed by atoms with Crippen LogP contribution in [0, 0.1) is 5.92 Å². The molecule has 0 aromatic rings. The zero-order valence-electron chi connectivity index (χ0n) is 7.77. The molecule has 0 radical (unpaired) electrons. The van der Waals surface area contributed by atoms with Crippen LogP contribution < -0.4 is 0 Å². The molecule has 1 aliphatic carbocycles. The first kappa shape index (κ1) is 9.05. The molecule has 0 bridgehead atoms. The van der Waals surface area contributed by atoms with Gasteiger partial charge in [-0.1, -0.05) is 33.1 Å². The zero-order chi connectivity index (χ0) is 8.32. The van der Waals surface area contributed by atoms with Crippen LogP contribution in [0.25, 0.3) is 0 Å². The molecule has 1 heteroatoms. The zero-order valence-corrected chi connectivity index (χ0v) is 7.77. The minimum absolute atomic E-state index is 0.312. The Morgan fingerprint density at radius 3 is 2.55 bits per heavy atom. The summed E-state index contributed by atoms with van der Waals surface area (Å²) < 4.78 is 0. The molecule has 2 atom stereocenters. The Bertz CT molecular complexity index is 122. The fourth-order valence-corrected chi connectivity index (χ4v) is 2.34. The number of hydrogen-bond donors (Lipinski definition) is 1. The van der Waals surface area contributed by atoms with E-state index in [9.17, 15) is 5.11 Å². The SMILES string of the molecule is CC[C@@H]1CCCC[C@@]1(O)CC. The molecule has 0 spiro atoms. The standard InChI is InChI=1S/C10H20O/c1-3-9-7-5-6-8-10(9,11)4-2/h9,11H,3-8H2,1-2H3/t9-,10+/m1/s1. The summed E-state index contributed by atoms with van der Waals surface area (Å²) >= 11 is 0. The highest BCUT2D eigenvalue weighted by Crippen LogP contribution is 2.37. The molecule has 66 valence electrons. The van der Waals surface area contributed by atoms with E-state index >= 15 is 0 Å². The van der Waals surface area contributed by atoms with E-state index in [2.05, 4.69) is 13.8 Å². The maximum Gasteiger partial charge on any atom is 0.0673 e. The monoisotopic (exact) mass is 156 g/mol. The lowest BCUT2D eigenvalue weighted by molar-refractivity contribution is -0.0524. The van der Waals surface area contributed by atoms with Crippen LogP contribution in [0.1, 0.15) is 52.4 Å². The van der Waals surface area contributed by atoms with Crippen molar-refractivity contribution in [2.45, 2.75) is 58.0 Å². The van der Waals surface area contributed by atoms with Crippen molar-refractivity contribution in [1.82, 2.24) is 0 Å². The van der Waals surface area contributed by atoms with Gasteiger partial charge >= 0.3 is 0 Å². The molecule has 1 nitrogen and oxygen atoms in total. The molecule has 0 aliphatic heterocycles. The highest BCUT2D eigenvalue weighted by Gasteiger charge is 2.35. The van der Waals surface area contributed by atoms with Crippen LogP contribution in [0.3, 0.4) is 0 Å². The van der Waals surface area contributed by atoms with E-state index in [1.807, 2.05) is 0 Å².